The van der Waals surface area contributed by atoms with Crippen LogP contribution in [0.25, 0.3) is 0 Å². The van der Waals surface area contributed by atoms with Crippen LogP contribution in [-0.4, -0.2) is 25.0 Å². The van der Waals surface area contributed by atoms with Gasteiger partial charge in [-0.1, -0.05) is 26.0 Å². The maximum absolute atomic E-state index is 5.52. The fourth-order valence-corrected chi connectivity index (χ4v) is 2.85. The van der Waals surface area contributed by atoms with E-state index in [-0.39, 0.29) is 5.60 Å². The molecule has 0 amide bonds. The molecule has 0 saturated heterocycles. The Morgan fingerprint density at radius 3 is 2.35 bits per heavy atom. The van der Waals surface area contributed by atoms with E-state index in [0.717, 1.165) is 25.1 Å². The molecule has 0 fully saturated rings. The number of ether oxygens (including phenoxy) is 1. The molecular formula is C17H29NOS. The molecule has 0 bridgehead atoms. The zero-order valence-electron chi connectivity index (χ0n) is 13.5. The van der Waals surface area contributed by atoms with Gasteiger partial charge in [0.2, 0.25) is 0 Å². The van der Waals surface area contributed by atoms with Gasteiger partial charge in [-0.2, -0.15) is 0 Å². The van der Waals surface area contributed by atoms with Crippen molar-refractivity contribution in [2.45, 2.75) is 57.1 Å². The molecule has 0 radical (unpaired) electrons. The second-order valence-electron chi connectivity index (χ2n) is 5.61. The zero-order valence-corrected chi connectivity index (χ0v) is 14.3. The maximum Gasteiger partial charge on any atom is 0.0623 e. The van der Waals surface area contributed by atoms with Crippen molar-refractivity contribution in [3.05, 3.63) is 29.8 Å². The van der Waals surface area contributed by atoms with Crippen molar-refractivity contribution in [2.24, 2.45) is 0 Å². The molecule has 0 aliphatic carbocycles. The van der Waals surface area contributed by atoms with Crippen molar-refractivity contribution in [3.8, 4) is 0 Å². The summed E-state index contributed by atoms with van der Waals surface area (Å²) in [6.45, 7) is 9.64. The number of nitrogens with one attached hydrogen (secondary N) is 1. The first-order chi connectivity index (χ1) is 9.52. The summed E-state index contributed by atoms with van der Waals surface area (Å²) in [5.74, 6) is 1.12. The second-order valence-corrected chi connectivity index (χ2v) is 6.95. The molecule has 1 aromatic carbocycles. The molecule has 0 heterocycles. The topological polar surface area (TPSA) is 21.3 Å². The number of rotatable bonds is 9. The fraction of sp³-hybridized carbons (Fsp3) is 0.647. The third-order valence-electron chi connectivity index (χ3n) is 3.63. The first kappa shape index (κ1) is 17.5. The van der Waals surface area contributed by atoms with Crippen molar-refractivity contribution in [1.82, 2.24) is 5.32 Å². The molecule has 1 atom stereocenters. The minimum absolute atomic E-state index is 0.0499. The monoisotopic (exact) mass is 295 g/mol. The van der Waals surface area contributed by atoms with Crippen molar-refractivity contribution in [2.75, 3.05) is 19.4 Å². The molecule has 3 heteroatoms. The highest BCUT2D eigenvalue weighted by Crippen LogP contribution is 2.26. The number of hydrogen-bond acceptors (Lipinski definition) is 3. The van der Waals surface area contributed by atoms with Crippen molar-refractivity contribution < 1.29 is 4.74 Å². The second kappa shape index (κ2) is 8.71. The molecule has 1 N–H and O–H groups in total. The van der Waals surface area contributed by atoms with Crippen LogP contribution >= 0.6 is 11.8 Å². The summed E-state index contributed by atoms with van der Waals surface area (Å²) < 4.78 is 5.52. The lowest BCUT2D eigenvalue weighted by molar-refractivity contribution is 0.0117. The van der Waals surface area contributed by atoms with Gasteiger partial charge in [0.1, 0.15) is 0 Å². The average Bonchev–Trinajstić information content (AvgIpc) is 2.45. The summed E-state index contributed by atoms with van der Waals surface area (Å²) in [7, 11) is 1.79. The summed E-state index contributed by atoms with van der Waals surface area (Å²) in [5.41, 5.74) is 1.32. The predicted molar refractivity (Wildman–Crippen MR) is 89.6 cm³/mol. The van der Waals surface area contributed by atoms with Crippen LogP contribution < -0.4 is 5.32 Å². The number of methoxy groups -OCH3 is 1. The Balaban J connectivity index is 2.69. The van der Waals surface area contributed by atoms with Gasteiger partial charge in [0, 0.05) is 18.0 Å². The molecule has 0 aromatic heterocycles. The SMILES string of the molecule is CCNC(CCC(C)(C)OC)c1ccc(SCC)cc1. The summed E-state index contributed by atoms with van der Waals surface area (Å²) in [6.07, 6.45) is 2.14. The lowest BCUT2D eigenvalue weighted by Gasteiger charge is -2.26. The predicted octanol–water partition coefficient (Wildman–Crippen LogP) is 4.65. The van der Waals surface area contributed by atoms with Gasteiger partial charge in [0.25, 0.3) is 0 Å². The zero-order chi connectivity index (χ0) is 15.0. The van der Waals surface area contributed by atoms with E-state index in [9.17, 15) is 0 Å². The molecular weight excluding hydrogens is 266 g/mol. The molecule has 1 aromatic rings. The highest BCUT2D eigenvalue weighted by Gasteiger charge is 2.19. The molecule has 2 nitrogen and oxygen atoms in total. The quantitative estimate of drug-likeness (QED) is 0.670. The third-order valence-corrected chi connectivity index (χ3v) is 4.53. The van der Waals surface area contributed by atoms with E-state index < -0.39 is 0 Å². The van der Waals surface area contributed by atoms with E-state index in [1.165, 1.54) is 10.5 Å². The number of benzene rings is 1. The average molecular weight is 295 g/mol. The van der Waals surface area contributed by atoms with Gasteiger partial charge < -0.3 is 10.1 Å². The van der Waals surface area contributed by atoms with Gasteiger partial charge in [-0.3, -0.25) is 0 Å². The lowest BCUT2D eigenvalue weighted by atomic mass is 9.95. The first-order valence-electron chi connectivity index (χ1n) is 7.53. The van der Waals surface area contributed by atoms with Crippen LogP contribution in [0.15, 0.2) is 29.2 Å². The van der Waals surface area contributed by atoms with E-state index in [2.05, 4.69) is 57.3 Å². The number of hydrogen-bond donors (Lipinski definition) is 1. The molecule has 0 aliphatic heterocycles. The van der Waals surface area contributed by atoms with Crippen molar-refractivity contribution >= 4 is 11.8 Å². The van der Waals surface area contributed by atoms with Crippen molar-refractivity contribution in [3.63, 3.8) is 0 Å². The van der Waals surface area contributed by atoms with Gasteiger partial charge in [-0.25, -0.2) is 0 Å². The Morgan fingerprint density at radius 1 is 1.20 bits per heavy atom. The molecule has 114 valence electrons. The fourth-order valence-electron chi connectivity index (χ4n) is 2.19. The highest BCUT2D eigenvalue weighted by molar-refractivity contribution is 7.99. The third kappa shape index (κ3) is 5.86. The van der Waals surface area contributed by atoms with Crippen LogP contribution in [0.4, 0.5) is 0 Å². The van der Waals surface area contributed by atoms with E-state index in [1.54, 1.807) is 7.11 Å². The van der Waals surface area contributed by atoms with Gasteiger partial charge >= 0.3 is 0 Å². The van der Waals surface area contributed by atoms with Gasteiger partial charge in [-0.15, -0.1) is 11.8 Å². The standard InChI is InChI=1S/C17H29NOS/c1-6-18-16(12-13-17(3,4)19-5)14-8-10-15(11-9-14)20-7-2/h8-11,16,18H,6-7,12-13H2,1-5H3. The van der Waals surface area contributed by atoms with Crippen LogP contribution in [-0.2, 0) is 4.74 Å². The van der Waals surface area contributed by atoms with E-state index in [0.29, 0.717) is 6.04 Å². The van der Waals surface area contributed by atoms with Crippen LogP contribution in [0.3, 0.4) is 0 Å². The smallest absolute Gasteiger partial charge is 0.0623 e. The highest BCUT2D eigenvalue weighted by atomic mass is 32.2. The van der Waals surface area contributed by atoms with Crippen molar-refractivity contribution in [1.29, 1.82) is 0 Å². The van der Waals surface area contributed by atoms with Gasteiger partial charge in [-0.05, 0) is 56.7 Å². The van der Waals surface area contributed by atoms with Gasteiger partial charge in [0.05, 0.1) is 5.60 Å². The Bertz CT molecular complexity index is 375. The van der Waals surface area contributed by atoms with Gasteiger partial charge in [0.15, 0.2) is 0 Å². The minimum Gasteiger partial charge on any atom is -0.379 e. The van der Waals surface area contributed by atoms with Crippen LogP contribution in [0, 0.1) is 0 Å². The Labute approximate surface area is 128 Å². The molecule has 1 rings (SSSR count). The lowest BCUT2D eigenvalue weighted by Crippen LogP contribution is -2.27. The van der Waals surface area contributed by atoms with E-state index in [4.69, 9.17) is 4.74 Å². The summed E-state index contributed by atoms with van der Waals surface area (Å²) in [4.78, 5) is 1.35. The Hall–Kier alpha value is -0.510. The van der Waals surface area contributed by atoms with Crippen LogP contribution in [0.5, 0.6) is 0 Å². The largest absolute Gasteiger partial charge is 0.379 e. The molecule has 20 heavy (non-hydrogen) atoms. The summed E-state index contributed by atoms with van der Waals surface area (Å²) in [6, 6.07) is 9.39. The Kier molecular flexibility index (Phi) is 7.63. The number of thioether (sulfide) groups is 1. The molecule has 0 saturated carbocycles. The summed E-state index contributed by atoms with van der Waals surface area (Å²) in [5, 5.41) is 3.58. The van der Waals surface area contributed by atoms with Crippen LogP contribution in [0.1, 0.15) is 52.1 Å². The first-order valence-corrected chi connectivity index (χ1v) is 8.52. The van der Waals surface area contributed by atoms with E-state index in [1.807, 2.05) is 11.8 Å². The summed E-state index contributed by atoms with van der Waals surface area (Å²) >= 11 is 1.89. The molecule has 1 unspecified atom stereocenters. The normalized spacial score (nSPS) is 13.4. The molecule has 0 spiro atoms. The Morgan fingerprint density at radius 2 is 1.85 bits per heavy atom. The maximum atomic E-state index is 5.52. The van der Waals surface area contributed by atoms with Crippen LogP contribution in [0.2, 0.25) is 0 Å². The molecule has 0 aliphatic rings. The minimum atomic E-state index is -0.0499. The van der Waals surface area contributed by atoms with E-state index >= 15 is 0 Å².